The highest BCUT2D eigenvalue weighted by Gasteiger charge is 2.30. The first-order valence-electron chi connectivity index (χ1n) is 6.92. The van der Waals surface area contributed by atoms with E-state index in [4.69, 9.17) is 5.73 Å². The molecule has 1 saturated heterocycles. The normalized spacial score (nSPS) is 24.6. The third-order valence-electron chi connectivity index (χ3n) is 3.64. The Labute approximate surface area is 115 Å². The van der Waals surface area contributed by atoms with Crippen LogP contribution in [-0.2, 0) is 0 Å². The first-order valence-corrected chi connectivity index (χ1v) is 8.07. The van der Waals surface area contributed by atoms with Crippen molar-refractivity contribution in [3.8, 4) is 0 Å². The van der Waals surface area contributed by atoms with E-state index in [0.717, 1.165) is 13.1 Å². The maximum atomic E-state index is 6.28. The molecule has 0 saturated carbocycles. The van der Waals surface area contributed by atoms with Gasteiger partial charge in [-0.1, -0.05) is 37.3 Å². The number of nitrogens with two attached hydrogens (primary N) is 1. The average molecular weight is 264 g/mol. The molecular formula is C15H24N2S. The largest absolute Gasteiger partial charge is 0.326 e. The fourth-order valence-electron chi connectivity index (χ4n) is 2.68. The van der Waals surface area contributed by atoms with E-state index in [2.05, 4.69) is 42.2 Å². The van der Waals surface area contributed by atoms with E-state index in [1.165, 1.54) is 30.0 Å². The first kappa shape index (κ1) is 13.9. The van der Waals surface area contributed by atoms with E-state index in [-0.39, 0.29) is 0 Å². The Morgan fingerprint density at radius 2 is 2.06 bits per heavy atom. The van der Waals surface area contributed by atoms with Gasteiger partial charge in [0.1, 0.15) is 0 Å². The summed E-state index contributed by atoms with van der Waals surface area (Å²) in [5.41, 5.74) is 7.68. The van der Waals surface area contributed by atoms with Gasteiger partial charge in [0.2, 0.25) is 0 Å². The Morgan fingerprint density at radius 1 is 1.28 bits per heavy atom. The molecule has 100 valence electrons. The van der Waals surface area contributed by atoms with Crippen LogP contribution in [0.3, 0.4) is 0 Å². The van der Waals surface area contributed by atoms with Gasteiger partial charge in [0.15, 0.2) is 0 Å². The van der Waals surface area contributed by atoms with Crippen LogP contribution in [0, 0.1) is 0 Å². The van der Waals surface area contributed by atoms with Gasteiger partial charge in [-0.2, -0.15) is 11.8 Å². The second kappa shape index (κ2) is 7.17. The predicted octanol–water partition coefficient (Wildman–Crippen LogP) is 2.56. The zero-order valence-corrected chi connectivity index (χ0v) is 12.0. The summed E-state index contributed by atoms with van der Waals surface area (Å²) >= 11 is 2.03. The lowest BCUT2D eigenvalue weighted by Gasteiger charge is -2.15. The van der Waals surface area contributed by atoms with Crippen molar-refractivity contribution in [1.29, 1.82) is 0 Å². The molecule has 2 unspecified atom stereocenters. The van der Waals surface area contributed by atoms with Crippen LogP contribution in [0.5, 0.6) is 0 Å². The molecule has 2 atom stereocenters. The number of benzene rings is 1. The van der Waals surface area contributed by atoms with Crippen molar-refractivity contribution in [3.63, 3.8) is 0 Å². The van der Waals surface area contributed by atoms with Gasteiger partial charge in [-0.25, -0.2) is 0 Å². The van der Waals surface area contributed by atoms with Crippen LogP contribution < -0.4 is 5.73 Å². The van der Waals surface area contributed by atoms with Crippen molar-refractivity contribution >= 4 is 11.8 Å². The molecule has 0 bridgehead atoms. The third-order valence-corrected chi connectivity index (χ3v) is 4.62. The van der Waals surface area contributed by atoms with Crippen molar-refractivity contribution in [2.75, 3.05) is 31.1 Å². The van der Waals surface area contributed by atoms with Crippen molar-refractivity contribution in [2.24, 2.45) is 5.73 Å². The smallest absolute Gasteiger partial charge is 0.0249 e. The highest BCUT2D eigenvalue weighted by atomic mass is 32.2. The molecule has 1 aliphatic heterocycles. The minimum absolute atomic E-state index is 0.297. The van der Waals surface area contributed by atoms with Gasteiger partial charge < -0.3 is 10.6 Å². The molecule has 2 nitrogen and oxygen atoms in total. The average Bonchev–Trinajstić information content (AvgIpc) is 2.77. The Kier molecular flexibility index (Phi) is 5.54. The molecule has 2 N–H and O–H groups in total. The Balaban J connectivity index is 1.82. The number of likely N-dealkylation sites (tertiary alicyclic amines) is 1. The summed E-state index contributed by atoms with van der Waals surface area (Å²) in [5, 5.41) is 0. The molecule has 0 spiro atoms. The van der Waals surface area contributed by atoms with Crippen LogP contribution >= 0.6 is 11.8 Å². The van der Waals surface area contributed by atoms with E-state index in [0.29, 0.717) is 12.0 Å². The SMILES string of the molecule is CCSCCCN1CC(N)C(c2ccccc2)C1. The van der Waals surface area contributed by atoms with Gasteiger partial charge in [0, 0.05) is 25.0 Å². The molecule has 0 amide bonds. The van der Waals surface area contributed by atoms with Crippen LogP contribution in [0.4, 0.5) is 0 Å². The minimum Gasteiger partial charge on any atom is -0.326 e. The molecule has 1 aromatic carbocycles. The van der Waals surface area contributed by atoms with Crippen LogP contribution in [0.25, 0.3) is 0 Å². The van der Waals surface area contributed by atoms with Crippen molar-refractivity contribution < 1.29 is 0 Å². The Hall–Kier alpha value is -0.510. The zero-order valence-electron chi connectivity index (χ0n) is 11.2. The van der Waals surface area contributed by atoms with Crippen molar-refractivity contribution in [2.45, 2.75) is 25.3 Å². The van der Waals surface area contributed by atoms with Crippen molar-refractivity contribution in [1.82, 2.24) is 4.90 Å². The molecule has 0 aromatic heterocycles. The number of rotatable bonds is 6. The lowest BCUT2D eigenvalue weighted by Crippen LogP contribution is -2.29. The van der Waals surface area contributed by atoms with E-state index < -0.39 is 0 Å². The van der Waals surface area contributed by atoms with Crippen LogP contribution in [0.2, 0.25) is 0 Å². The molecule has 0 radical (unpaired) electrons. The van der Waals surface area contributed by atoms with E-state index in [9.17, 15) is 0 Å². The number of thioether (sulfide) groups is 1. The molecule has 0 aliphatic carbocycles. The summed E-state index contributed by atoms with van der Waals surface area (Å²) in [6.45, 7) is 5.60. The quantitative estimate of drug-likeness (QED) is 0.801. The maximum Gasteiger partial charge on any atom is 0.0249 e. The fourth-order valence-corrected chi connectivity index (χ4v) is 3.31. The molecule has 1 heterocycles. The van der Waals surface area contributed by atoms with Crippen LogP contribution in [0.1, 0.15) is 24.8 Å². The van der Waals surface area contributed by atoms with Gasteiger partial charge in [0.05, 0.1) is 0 Å². The van der Waals surface area contributed by atoms with Gasteiger partial charge >= 0.3 is 0 Å². The van der Waals surface area contributed by atoms with Crippen LogP contribution in [-0.4, -0.2) is 42.1 Å². The Morgan fingerprint density at radius 3 is 2.78 bits per heavy atom. The highest BCUT2D eigenvalue weighted by Crippen LogP contribution is 2.26. The molecular weight excluding hydrogens is 240 g/mol. The first-order chi connectivity index (χ1) is 8.81. The lowest BCUT2D eigenvalue weighted by atomic mass is 9.95. The standard InChI is InChI=1S/C15H24N2S/c1-2-18-10-6-9-17-11-14(15(16)12-17)13-7-4-3-5-8-13/h3-5,7-8,14-15H,2,6,9-12,16H2,1H3. The summed E-state index contributed by atoms with van der Waals surface area (Å²) in [7, 11) is 0. The summed E-state index contributed by atoms with van der Waals surface area (Å²) in [5.74, 6) is 3.02. The summed E-state index contributed by atoms with van der Waals surface area (Å²) in [6, 6.07) is 11.0. The number of hydrogen-bond acceptors (Lipinski definition) is 3. The fraction of sp³-hybridized carbons (Fsp3) is 0.600. The molecule has 18 heavy (non-hydrogen) atoms. The van der Waals surface area contributed by atoms with E-state index in [1.54, 1.807) is 0 Å². The zero-order chi connectivity index (χ0) is 12.8. The molecule has 1 aromatic rings. The van der Waals surface area contributed by atoms with Gasteiger partial charge in [-0.05, 0) is 30.0 Å². The number of nitrogens with zero attached hydrogens (tertiary/aromatic N) is 1. The summed E-state index contributed by atoms with van der Waals surface area (Å²) < 4.78 is 0. The van der Waals surface area contributed by atoms with Gasteiger partial charge in [-0.15, -0.1) is 0 Å². The second-order valence-corrected chi connectivity index (χ2v) is 6.38. The number of hydrogen-bond donors (Lipinski definition) is 1. The molecule has 3 heteroatoms. The summed E-state index contributed by atoms with van der Waals surface area (Å²) in [4.78, 5) is 2.53. The van der Waals surface area contributed by atoms with Gasteiger partial charge in [0.25, 0.3) is 0 Å². The molecule has 1 aliphatic rings. The molecule has 1 fully saturated rings. The summed E-state index contributed by atoms with van der Waals surface area (Å²) in [6.07, 6.45) is 1.28. The van der Waals surface area contributed by atoms with Gasteiger partial charge in [-0.3, -0.25) is 0 Å². The maximum absolute atomic E-state index is 6.28. The highest BCUT2D eigenvalue weighted by molar-refractivity contribution is 7.99. The second-order valence-electron chi connectivity index (χ2n) is 4.99. The monoisotopic (exact) mass is 264 g/mol. The van der Waals surface area contributed by atoms with E-state index in [1.807, 2.05) is 11.8 Å². The lowest BCUT2D eigenvalue weighted by molar-refractivity contribution is 0.333. The van der Waals surface area contributed by atoms with E-state index >= 15 is 0 Å². The third kappa shape index (κ3) is 3.74. The molecule has 2 rings (SSSR count). The topological polar surface area (TPSA) is 29.3 Å². The van der Waals surface area contributed by atoms with Crippen molar-refractivity contribution in [3.05, 3.63) is 35.9 Å². The van der Waals surface area contributed by atoms with Crippen LogP contribution in [0.15, 0.2) is 30.3 Å². The predicted molar refractivity (Wildman–Crippen MR) is 81.2 cm³/mol. The Bertz CT molecular complexity index is 342. The minimum atomic E-state index is 0.297.